The molecule has 0 aromatic heterocycles. The Morgan fingerprint density at radius 1 is 1.15 bits per heavy atom. The van der Waals surface area contributed by atoms with Crippen LogP contribution >= 0.6 is 0 Å². The van der Waals surface area contributed by atoms with Gasteiger partial charge in [-0.2, -0.15) is 0 Å². The molecule has 1 aliphatic carbocycles. The van der Waals surface area contributed by atoms with E-state index in [1.54, 1.807) is 0 Å². The van der Waals surface area contributed by atoms with Crippen LogP contribution in [0.25, 0.3) is 0 Å². The van der Waals surface area contributed by atoms with Crippen molar-refractivity contribution in [1.82, 2.24) is 9.21 Å². The Bertz CT molecular complexity index is 455. The van der Waals surface area contributed by atoms with Gasteiger partial charge in [-0.15, -0.1) is 0 Å². The number of hydrogen-bond donors (Lipinski definition) is 1. The van der Waals surface area contributed by atoms with Gasteiger partial charge in [-0.3, -0.25) is 4.79 Å². The van der Waals surface area contributed by atoms with Crippen LogP contribution in [0.1, 0.15) is 32.1 Å². The maximum atomic E-state index is 12.6. The van der Waals surface area contributed by atoms with Gasteiger partial charge in [0.25, 0.3) is 0 Å². The number of hydrogen-bond acceptors (Lipinski definition) is 4. The molecule has 2 atom stereocenters. The predicted molar refractivity (Wildman–Crippen MR) is 76.0 cm³/mol. The van der Waals surface area contributed by atoms with E-state index in [9.17, 15) is 18.3 Å². The standard InChI is InChI=1S/C13H24N2O4S/c1-14(2)10-6-8-15(9-7-10)20(18,19)12-5-3-4-11(12)13(16)17/h10-12H,3-9H2,1-2H3,(H,16,17). The predicted octanol–water partition coefficient (Wildman–Crippen LogP) is 0.596. The number of sulfonamides is 1. The number of piperidine rings is 1. The van der Waals surface area contributed by atoms with Crippen molar-refractivity contribution in [2.45, 2.75) is 43.4 Å². The van der Waals surface area contributed by atoms with Crippen LogP contribution in [0.2, 0.25) is 0 Å². The van der Waals surface area contributed by atoms with Crippen LogP contribution in [0.5, 0.6) is 0 Å². The largest absolute Gasteiger partial charge is 0.481 e. The molecular formula is C13H24N2O4S. The molecule has 116 valence electrons. The third-order valence-electron chi connectivity index (χ3n) is 4.67. The van der Waals surface area contributed by atoms with E-state index in [1.807, 2.05) is 14.1 Å². The molecule has 0 aromatic carbocycles. The molecule has 0 bridgehead atoms. The van der Waals surface area contributed by atoms with Crippen molar-refractivity contribution in [3.8, 4) is 0 Å². The van der Waals surface area contributed by atoms with Crippen LogP contribution in [0.3, 0.4) is 0 Å². The molecule has 20 heavy (non-hydrogen) atoms. The maximum Gasteiger partial charge on any atom is 0.307 e. The van der Waals surface area contributed by atoms with Gasteiger partial charge in [0, 0.05) is 19.1 Å². The second-order valence-electron chi connectivity index (χ2n) is 6.05. The van der Waals surface area contributed by atoms with Gasteiger partial charge in [0.15, 0.2) is 0 Å². The Labute approximate surface area is 120 Å². The highest BCUT2D eigenvalue weighted by Gasteiger charge is 2.44. The first-order valence-electron chi connectivity index (χ1n) is 7.22. The molecule has 6 nitrogen and oxygen atoms in total. The number of aliphatic carboxylic acids is 1. The molecular weight excluding hydrogens is 280 g/mol. The topological polar surface area (TPSA) is 77.9 Å². The first kappa shape index (κ1) is 15.7. The Morgan fingerprint density at radius 2 is 1.75 bits per heavy atom. The molecule has 0 spiro atoms. The summed E-state index contributed by atoms with van der Waals surface area (Å²) in [4.78, 5) is 13.3. The Hall–Kier alpha value is -0.660. The average Bonchev–Trinajstić information content (AvgIpc) is 2.89. The van der Waals surface area contributed by atoms with Crippen LogP contribution in [0.15, 0.2) is 0 Å². The summed E-state index contributed by atoms with van der Waals surface area (Å²) in [6, 6.07) is 0.417. The van der Waals surface area contributed by atoms with Crippen LogP contribution in [0, 0.1) is 5.92 Å². The van der Waals surface area contributed by atoms with Crippen molar-refractivity contribution in [1.29, 1.82) is 0 Å². The van der Waals surface area contributed by atoms with Crippen molar-refractivity contribution in [2.75, 3.05) is 27.2 Å². The zero-order valence-corrected chi connectivity index (χ0v) is 13.0. The van der Waals surface area contributed by atoms with Gasteiger partial charge in [0.1, 0.15) is 0 Å². The van der Waals surface area contributed by atoms with Crippen LogP contribution in [0.4, 0.5) is 0 Å². The van der Waals surface area contributed by atoms with Crippen molar-refractivity contribution in [2.24, 2.45) is 5.92 Å². The van der Waals surface area contributed by atoms with Gasteiger partial charge in [0.2, 0.25) is 10.0 Å². The summed E-state index contributed by atoms with van der Waals surface area (Å²) in [5, 5.41) is 8.44. The normalized spacial score (nSPS) is 29.9. The lowest BCUT2D eigenvalue weighted by molar-refractivity contribution is -0.141. The van der Waals surface area contributed by atoms with E-state index in [4.69, 9.17) is 0 Å². The summed E-state index contributed by atoms with van der Waals surface area (Å²) in [5.74, 6) is -1.70. The number of rotatable bonds is 4. The van der Waals surface area contributed by atoms with E-state index in [-0.39, 0.29) is 0 Å². The number of nitrogens with zero attached hydrogens (tertiary/aromatic N) is 2. The first-order chi connectivity index (χ1) is 9.34. The van der Waals surface area contributed by atoms with Gasteiger partial charge >= 0.3 is 5.97 Å². The van der Waals surface area contributed by atoms with E-state index >= 15 is 0 Å². The number of carboxylic acid groups (broad SMARTS) is 1. The fraction of sp³-hybridized carbons (Fsp3) is 0.923. The van der Waals surface area contributed by atoms with E-state index in [0.29, 0.717) is 38.4 Å². The maximum absolute atomic E-state index is 12.6. The molecule has 0 radical (unpaired) electrons. The van der Waals surface area contributed by atoms with Gasteiger partial charge < -0.3 is 10.0 Å². The second kappa shape index (κ2) is 5.99. The molecule has 1 saturated carbocycles. The first-order valence-corrected chi connectivity index (χ1v) is 8.72. The van der Waals surface area contributed by atoms with Crippen LogP contribution in [-0.2, 0) is 14.8 Å². The van der Waals surface area contributed by atoms with Crippen molar-refractivity contribution >= 4 is 16.0 Å². The lowest BCUT2D eigenvalue weighted by atomic mass is 10.1. The van der Waals surface area contributed by atoms with Crippen molar-refractivity contribution < 1.29 is 18.3 Å². The lowest BCUT2D eigenvalue weighted by Gasteiger charge is -2.36. The van der Waals surface area contributed by atoms with Crippen LogP contribution in [-0.4, -0.2) is 67.2 Å². The summed E-state index contributed by atoms with van der Waals surface area (Å²) in [6.45, 7) is 1.02. The molecule has 1 saturated heterocycles. The molecule has 1 aliphatic heterocycles. The Kier molecular flexibility index (Phi) is 4.71. The molecule has 0 aromatic rings. The average molecular weight is 304 g/mol. The molecule has 1 heterocycles. The third kappa shape index (κ3) is 2.99. The molecule has 2 rings (SSSR count). The molecule has 1 N–H and O–H groups in total. The monoisotopic (exact) mass is 304 g/mol. The molecule has 7 heteroatoms. The van der Waals surface area contributed by atoms with Gasteiger partial charge in [-0.05, 0) is 39.8 Å². The van der Waals surface area contributed by atoms with E-state index in [0.717, 1.165) is 12.8 Å². The quantitative estimate of drug-likeness (QED) is 0.823. The summed E-state index contributed by atoms with van der Waals surface area (Å²) < 4.78 is 26.8. The van der Waals surface area contributed by atoms with E-state index < -0.39 is 27.2 Å². The van der Waals surface area contributed by atoms with Gasteiger partial charge in [0.05, 0.1) is 11.2 Å². The summed E-state index contributed by atoms with van der Waals surface area (Å²) in [5.41, 5.74) is 0. The van der Waals surface area contributed by atoms with Gasteiger partial charge in [-0.1, -0.05) is 6.42 Å². The summed E-state index contributed by atoms with van der Waals surface area (Å²) in [7, 11) is 0.541. The fourth-order valence-corrected chi connectivity index (χ4v) is 5.60. The van der Waals surface area contributed by atoms with Gasteiger partial charge in [-0.25, -0.2) is 12.7 Å². The Balaban J connectivity index is 2.06. The van der Waals surface area contributed by atoms with E-state index in [2.05, 4.69) is 4.90 Å². The third-order valence-corrected chi connectivity index (χ3v) is 7.08. The highest BCUT2D eigenvalue weighted by Crippen LogP contribution is 2.34. The highest BCUT2D eigenvalue weighted by atomic mass is 32.2. The SMILES string of the molecule is CN(C)C1CCN(S(=O)(=O)C2CCCC2C(=O)O)CC1. The fourth-order valence-electron chi connectivity index (χ4n) is 3.37. The minimum Gasteiger partial charge on any atom is -0.481 e. The highest BCUT2D eigenvalue weighted by molar-refractivity contribution is 7.89. The number of carboxylic acids is 1. The smallest absolute Gasteiger partial charge is 0.307 e. The molecule has 2 fully saturated rings. The minimum atomic E-state index is -3.47. The van der Waals surface area contributed by atoms with Crippen molar-refractivity contribution in [3.05, 3.63) is 0 Å². The molecule has 0 amide bonds. The Morgan fingerprint density at radius 3 is 2.25 bits per heavy atom. The molecule has 2 aliphatic rings. The zero-order chi connectivity index (χ0) is 14.9. The van der Waals surface area contributed by atoms with E-state index in [1.165, 1.54) is 4.31 Å². The number of carbonyl (C=O) groups is 1. The zero-order valence-electron chi connectivity index (χ0n) is 12.2. The van der Waals surface area contributed by atoms with Crippen LogP contribution < -0.4 is 0 Å². The van der Waals surface area contributed by atoms with Crippen molar-refractivity contribution in [3.63, 3.8) is 0 Å². The summed E-state index contributed by atoms with van der Waals surface area (Å²) in [6.07, 6.45) is 3.28. The minimum absolute atomic E-state index is 0.417. The molecule has 2 unspecified atom stereocenters. The second-order valence-corrected chi connectivity index (χ2v) is 8.20. The summed E-state index contributed by atoms with van der Waals surface area (Å²) >= 11 is 0. The lowest BCUT2D eigenvalue weighted by Crippen LogP contribution is -2.48.